The molecule has 1 N–H and O–H groups in total. The van der Waals surface area contributed by atoms with Crippen molar-refractivity contribution in [2.24, 2.45) is 5.92 Å². The van der Waals surface area contributed by atoms with Gasteiger partial charge in [-0.3, -0.25) is 9.97 Å². The van der Waals surface area contributed by atoms with Crippen molar-refractivity contribution in [2.45, 2.75) is 25.6 Å². The number of benzene rings is 1. The number of anilines is 1. The average Bonchev–Trinajstić information content (AvgIpc) is 3.11. The smallest absolute Gasteiger partial charge is 0.418 e. The van der Waals surface area contributed by atoms with Crippen LogP contribution in [-0.4, -0.2) is 66.3 Å². The van der Waals surface area contributed by atoms with Crippen molar-refractivity contribution < 1.29 is 22.7 Å². The molecular formula is C20H24F3N5O2. The van der Waals surface area contributed by atoms with Crippen LogP contribution >= 0.6 is 0 Å². The second-order valence-electron chi connectivity index (χ2n) is 7.88. The van der Waals surface area contributed by atoms with E-state index >= 15 is 0 Å². The van der Waals surface area contributed by atoms with Crippen LogP contribution in [0.3, 0.4) is 0 Å². The van der Waals surface area contributed by atoms with E-state index in [1.807, 2.05) is 0 Å². The molecule has 1 amide bonds. The van der Waals surface area contributed by atoms with Crippen molar-refractivity contribution in [1.29, 1.82) is 0 Å². The summed E-state index contributed by atoms with van der Waals surface area (Å²) in [6.07, 6.45) is -1.11. The first kappa shape index (κ1) is 20.6. The van der Waals surface area contributed by atoms with Crippen molar-refractivity contribution in [1.82, 2.24) is 20.2 Å². The van der Waals surface area contributed by atoms with E-state index in [9.17, 15) is 18.0 Å². The Bertz CT molecular complexity index is 923. The molecule has 2 aliphatic heterocycles. The van der Waals surface area contributed by atoms with Crippen LogP contribution in [-0.2, 0) is 10.9 Å². The fourth-order valence-corrected chi connectivity index (χ4v) is 4.26. The molecule has 10 heteroatoms. The zero-order valence-electron chi connectivity index (χ0n) is 16.7. The first-order valence-corrected chi connectivity index (χ1v) is 10.0. The lowest BCUT2D eigenvalue weighted by atomic mass is 9.95. The van der Waals surface area contributed by atoms with Gasteiger partial charge in [-0.1, -0.05) is 6.92 Å². The van der Waals surface area contributed by atoms with Gasteiger partial charge in [0, 0.05) is 44.6 Å². The van der Waals surface area contributed by atoms with Gasteiger partial charge < -0.3 is 19.9 Å². The summed E-state index contributed by atoms with van der Waals surface area (Å²) in [6, 6.07) is 2.74. The molecule has 1 aromatic heterocycles. The predicted octanol–water partition coefficient (Wildman–Crippen LogP) is 2.91. The van der Waals surface area contributed by atoms with E-state index in [4.69, 9.17) is 4.74 Å². The average molecular weight is 423 g/mol. The van der Waals surface area contributed by atoms with E-state index in [0.717, 1.165) is 19.0 Å². The Labute approximate surface area is 172 Å². The van der Waals surface area contributed by atoms with Crippen LogP contribution in [0.15, 0.2) is 24.5 Å². The van der Waals surface area contributed by atoms with E-state index in [-0.39, 0.29) is 23.2 Å². The normalized spacial score (nSPS) is 22.6. The second-order valence-corrected chi connectivity index (χ2v) is 7.88. The Morgan fingerprint density at radius 2 is 1.97 bits per heavy atom. The molecule has 2 atom stereocenters. The lowest BCUT2D eigenvalue weighted by Crippen LogP contribution is -2.50. The summed E-state index contributed by atoms with van der Waals surface area (Å²) in [5.41, 5.74) is 0.0249. The van der Waals surface area contributed by atoms with Crippen molar-refractivity contribution in [2.75, 3.05) is 44.2 Å². The van der Waals surface area contributed by atoms with Gasteiger partial charge in [0.05, 0.1) is 17.8 Å². The largest absolute Gasteiger partial charge is 0.448 e. The second kappa shape index (κ2) is 8.25. The fourth-order valence-electron chi connectivity index (χ4n) is 4.26. The van der Waals surface area contributed by atoms with Crippen molar-refractivity contribution in [3.63, 3.8) is 0 Å². The van der Waals surface area contributed by atoms with Crippen molar-refractivity contribution in [3.05, 3.63) is 30.1 Å². The summed E-state index contributed by atoms with van der Waals surface area (Å²) >= 11 is 0. The van der Waals surface area contributed by atoms with Crippen LogP contribution < -0.4 is 10.2 Å². The summed E-state index contributed by atoms with van der Waals surface area (Å²) in [7, 11) is 0. The zero-order valence-corrected chi connectivity index (χ0v) is 16.7. The van der Waals surface area contributed by atoms with Gasteiger partial charge >= 0.3 is 12.3 Å². The fraction of sp³-hybridized carbons (Fsp3) is 0.550. The number of nitrogens with one attached hydrogen (secondary N) is 1. The zero-order chi connectivity index (χ0) is 21.3. The number of nitrogens with zero attached hydrogens (tertiary/aromatic N) is 4. The van der Waals surface area contributed by atoms with Crippen LogP contribution in [0.25, 0.3) is 11.0 Å². The number of hydrogen-bond acceptors (Lipinski definition) is 6. The van der Waals surface area contributed by atoms with Crippen molar-refractivity contribution in [3.8, 4) is 0 Å². The Morgan fingerprint density at radius 3 is 2.67 bits per heavy atom. The molecule has 0 spiro atoms. The SMILES string of the molecule is C[C@H]1C[C@@H](NCCN2CCOC2=O)CN(c2ccc(C(F)(F)F)c3nccnc23)C1. The number of cyclic esters (lactones) is 1. The number of fused-ring (bicyclic) bond motifs is 1. The molecule has 162 valence electrons. The number of aromatic nitrogens is 2. The minimum absolute atomic E-state index is 0.127. The maximum absolute atomic E-state index is 13.4. The maximum atomic E-state index is 13.4. The van der Waals surface area contributed by atoms with Crippen LogP contribution in [0.5, 0.6) is 0 Å². The number of piperidine rings is 1. The van der Waals surface area contributed by atoms with Gasteiger partial charge in [0.25, 0.3) is 0 Å². The monoisotopic (exact) mass is 423 g/mol. The predicted molar refractivity (Wildman–Crippen MR) is 105 cm³/mol. The van der Waals surface area contributed by atoms with Gasteiger partial charge in [-0.05, 0) is 24.5 Å². The van der Waals surface area contributed by atoms with Gasteiger partial charge in [0.2, 0.25) is 0 Å². The minimum Gasteiger partial charge on any atom is -0.448 e. The molecule has 2 fully saturated rings. The molecule has 2 aromatic rings. The Kier molecular flexibility index (Phi) is 5.68. The van der Waals surface area contributed by atoms with Gasteiger partial charge in [0.1, 0.15) is 17.6 Å². The number of amides is 1. The van der Waals surface area contributed by atoms with Crippen LogP contribution in [0.2, 0.25) is 0 Å². The molecule has 0 unspecified atom stereocenters. The van der Waals surface area contributed by atoms with E-state index in [1.54, 1.807) is 4.90 Å². The molecule has 3 heterocycles. The first-order valence-electron chi connectivity index (χ1n) is 10.0. The molecule has 1 aromatic carbocycles. The number of ether oxygens (including phenoxy) is 1. The first-order chi connectivity index (χ1) is 14.3. The van der Waals surface area contributed by atoms with Gasteiger partial charge in [-0.2, -0.15) is 13.2 Å². The Hall–Kier alpha value is -2.62. The van der Waals surface area contributed by atoms with Crippen LogP contribution in [0.4, 0.5) is 23.7 Å². The quantitative estimate of drug-likeness (QED) is 0.798. The lowest BCUT2D eigenvalue weighted by Gasteiger charge is -2.39. The maximum Gasteiger partial charge on any atom is 0.418 e. The number of rotatable bonds is 5. The molecule has 0 aliphatic carbocycles. The number of hydrogen-bond donors (Lipinski definition) is 1. The Balaban J connectivity index is 1.50. The summed E-state index contributed by atoms with van der Waals surface area (Å²) in [5, 5.41) is 3.48. The third kappa shape index (κ3) is 4.28. The standard InChI is InChI=1S/C20H24F3N5O2/c1-13-10-14(24-6-7-27-8-9-30-19(27)29)12-28(11-13)16-3-2-15(20(21,22)23)17-18(16)26-5-4-25-17/h2-5,13-14,24H,6-12H2,1H3/t13-,14+/m0/s1. The molecule has 0 radical (unpaired) electrons. The van der Waals surface area contributed by atoms with E-state index in [1.165, 1.54) is 18.5 Å². The van der Waals surface area contributed by atoms with Crippen molar-refractivity contribution >= 4 is 22.8 Å². The number of halogens is 3. The molecule has 0 saturated carbocycles. The Morgan fingerprint density at radius 1 is 1.20 bits per heavy atom. The molecule has 7 nitrogen and oxygen atoms in total. The highest BCUT2D eigenvalue weighted by atomic mass is 19.4. The summed E-state index contributed by atoms with van der Waals surface area (Å²) in [4.78, 5) is 23.5. The number of alkyl halides is 3. The topological polar surface area (TPSA) is 70.6 Å². The van der Waals surface area contributed by atoms with Gasteiger partial charge in [0.15, 0.2) is 0 Å². The summed E-state index contributed by atoms with van der Waals surface area (Å²) in [6.45, 7) is 5.72. The highest BCUT2D eigenvalue weighted by Crippen LogP contribution is 2.37. The molecule has 0 bridgehead atoms. The van der Waals surface area contributed by atoms with Gasteiger partial charge in [-0.15, -0.1) is 0 Å². The number of carbonyl (C=O) groups excluding carboxylic acids is 1. The van der Waals surface area contributed by atoms with E-state index < -0.39 is 11.7 Å². The molecular weight excluding hydrogens is 399 g/mol. The molecule has 2 aliphatic rings. The number of carbonyl (C=O) groups is 1. The molecule has 30 heavy (non-hydrogen) atoms. The third-order valence-electron chi connectivity index (χ3n) is 5.57. The van der Waals surface area contributed by atoms with E-state index in [0.29, 0.717) is 44.4 Å². The van der Waals surface area contributed by atoms with Crippen LogP contribution in [0.1, 0.15) is 18.9 Å². The van der Waals surface area contributed by atoms with E-state index in [2.05, 4.69) is 27.1 Å². The summed E-state index contributed by atoms with van der Waals surface area (Å²) in [5.74, 6) is 0.349. The molecule has 2 saturated heterocycles. The lowest BCUT2D eigenvalue weighted by molar-refractivity contribution is -0.136. The minimum atomic E-state index is -4.48. The van der Waals surface area contributed by atoms with Gasteiger partial charge in [-0.25, -0.2) is 4.79 Å². The third-order valence-corrected chi connectivity index (χ3v) is 5.57. The highest BCUT2D eigenvalue weighted by Gasteiger charge is 2.35. The van der Waals surface area contributed by atoms with Crippen LogP contribution in [0, 0.1) is 5.92 Å². The highest BCUT2D eigenvalue weighted by molar-refractivity contribution is 5.90. The summed E-state index contributed by atoms with van der Waals surface area (Å²) < 4.78 is 45.1. The molecule has 4 rings (SSSR count).